The molecule has 1 heterocycles. The van der Waals surface area contributed by atoms with Crippen LogP contribution < -0.4 is 14.8 Å². The summed E-state index contributed by atoms with van der Waals surface area (Å²) in [4.78, 5) is 30.0. The van der Waals surface area contributed by atoms with E-state index in [4.69, 9.17) is 9.47 Å². The molecule has 47 heavy (non-hydrogen) atoms. The Kier molecular flexibility index (Phi) is 11.3. The second-order valence-corrected chi connectivity index (χ2v) is 13.4. The number of methoxy groups -OCH3 is 2. The quantitative estimate of drug-likeness (QED) is 0.192. The van der Waals surface area contributed by atoms with E-state index >= 15 is 0 Å². The molecule has 1 fully saturated rings. The largest absolute Gasteiger partial charge is 0.497 e. The SMILES string of the molecule is COc1ccc(CN(C(=O)CCc2ccc(S(=O)(=O)N3CCCC3)cc2)[C@H](C(=O)NCc2ccccc2OC)c2ccccc2)cc1. The standard InChI is InChI=1S/C37H41N3O6S/c1-45-32-19-14-29(15-20-32)27-40(35(41)23-18-28-16-21-33(22-17-28)47(43,44)39-24-8-9-25-39)36(30-10-4-3-5-11-30)37(42)38-26-31-12-6-7-13-34(31)46-2/h3-7,10-17,19-22,36H,8-9,18,23-27H2,1-2H3,(H,38,42)/t36-/m0/s1. The van der Waals surface area contributed by atoms with Gasteiger partial charge >= 0.3 is 0 Å². The van der Waals surface area contributed by atoms with Crippen LogP contribution in [-0.4, -0.2) is 56.7 Å². The number of benzene rings is 4. The monoisotopic (exact) mass is 655 g/mol. The van der Waals surface area contributed by atoms with Gasteiger partial charge in [0.1, 0.15) is 17.5 Å². The van der Waals surface area contributed by atoms with Crippen LogP contribution in [-0.2, 0) is 39.1 Å². The van der Waals surface area contributed by atoms with Gasteiger partial charge in [-0.05, 0) is 66.3 Å². The summed E-state index contributed by atoms with van der Waals surface area (Å²) in [6.45, 7) is 1.50. The van der Waals surface area contributed by atoms with Crippen molar-refractivity contribution < 1.29 is 27.5 Å². The van der Waals surface area contributed by atoms with Gasteiger partial charge in [-0.3, -0.25) is 9.59 Å². The molecule has 1 N–H and O–H groups in total. The third-order valence-corrected chi connectivity index (χ3v) is 10.3. The third-order valence-electron chi connectivity index (χ3n) is 8.41. The van der Waals surface area contributed by atoms with Gasteiger partial charge in [0.05, 0.1) is 19.1 Å². The molecule has 1 saturated heterocycles. The molecule has 0 bridgehead atoms. The van der Waals surface area contributed by atoms with Gasteiger partial charge in [-0.25, -0.2) is 8.42 Å². The number of ether oxygens (including phenoxy) is 2. The van der Waals surface area contributed by atoms with Gasteiger partial charge in [0.2, 0.25) is 21.8 Å². The van der Waals surface area contributed by atoms with Gasteiger partial charge in [-0.1, -0.05) is 72.8 Å². The molecular formula is C37H41N3O6S. The third kappa shape index (κ3) is 8.38. The summed E-state index contributed by atoms with van der Waals surface area (Å²) in [7, 11) is -0.344. The number of amides is 2. The van der Waals surface area contributed by atoms with Crippen molar-refractivity contribution in [1.82, 2.24) is 14.5 Å². The fourth-order valence-electron chi connectivity index (χ4n) is 5.79. The summed E-state index contributed by atoms with van der Waals surface area (Å²) >= 11 is 0. The lowest BCUT2D eigenvalue weighted by molar-refractivity contribution is -0.141. The number of nitrogens with one attached hydrogen (secondary N) is 1. The van der Waals surface area contributed by atoms with Gasteiger partial charge in [0, 0.05) is 38.2 Å². The fraction of sp³-hybridized carbons (Fsp3) is 0.297. The number of para-hydroxylation sites is 1. The number of carbonyl (C=O) groups is 2. The van der Waals surface area contributed by atoms with Crippen LogP contribution in [0.4, 0.5) is 0 Å². The molecule has 0 spiro atoms. The summed E-state index contributed by atoms with van der Waals surface area (Å²) in [5, 5.41) is 3.04. The van der Waals surface area contributed by atoms with E-state index in [2.05, 4.69) is 5.32 Å². The Balaban J connectivity index is 1.39. The van der Waals surface area contributed by atoms with E-state index in [-0.39, 0.29) is 36.2 Å². The summed E-state index contributed by atoms with van der Waals surface area (Å²) in [6, 6.07) is 30.0. The maximum absolute atomic E-state index is 14.1. The minimum absolute atomic E-state index is 0.123. The van der Waals surface area contributed by atoms with Gasteiger partial charge in [-0.15, -0.1) is 0 Å². The molecule has 1 aliphatic rings. The van der Waals surface area contributed by atoms with Crippen molar-refractivity contribution in [3.63, 3.8) is 0 Å². The molecule has 0 aromatic heterocycles. The zero-order valence-corrected chi connectivity index (χ0v) is 27.6. The predicted octanol–water partition coefficient (Wildman–Crippen LogP) is 5.51. The molecule has 2 amide bonds. The summed E-state index contributed by atoms with van der Waals surface area (Å²) in [5.41, 5.74) is 3.18. The highest BCUT2D eigenvalue weighted by Crippen LogP contribution is 2.27. The zero-order valence-electron chi connectivity index (χ0n) is 26.8. The first-order valence-corrected chi connectivity index (χ1v) is 17.2. The molecule has 9 nitrogen and oxygen atoms in total. The second-order valence-electron chi connectivity index (χ2n) is 11.5. The molecular weight excluding hydrogens is 614 g/mol. The highest BCUT2D eigenvalue weighted by Gasteiger charge is 2.32. The van der Waals surface area contributed by atoms with Crippen LogP contribution >= 0.6 is 0 Å². The molecule has 246 valence electrons. The lowest BCUT2D eigenvalue weighted by Crippen LogP contribution is -2.43. The molecule has 5 rings (SSSR count). The smallest absolute Gasteiger partial charge is 0.247 e. The number of hydrogen-bond donors (Lipinski definition) is 1. The van der Waals surface area contributed by atoms with E-state index in [0.717, 1.165) is 29.5 Å². The lowest BCUT2D eigenvalue weighted by atomic mass is 10.0. The maximum Gasteiger partial charge on any atom is 0.247 e. The van der Waals surface area contributed by atoms with Crippen LogP contribution in [0.2, 0.25) is 0 Å². The average Bonchev–Trinajstić information content (AvgIpc) is 3.67. The van der Waals surface area contributed by atoms with Gasteiger partial charge in [0.15, 0.2) is 0 Å². The average molecular weight is 656 g/mol. The Hall–Kier alpha value is -4.67. The highest BCUT2D eigenvalue weighted by molar-refractivity contribution is 7.89. The first kappa shape index (κ1) is 33.7. The molecule has 1 aliphatic heterocycles. The Morgan fingerprint density at radius 3 is 2.11 bits per heavy atom. The van der Waals surface area contributed by atoms with E-state index < -0.39 is 16.1 Å². The van der Waals surface area contributed by atoms with Crippen LogP contribution in [0.15, 0.2) is 108 Å². The lowest BCUT2D eigenvalue weighted by Gasteiger charge is -2.32. The molecule has 4 aromatic carbocycles. The molecule has 10 heteroatoms. The number of sulfonamides is 1. The van der Waals surface area contributed by atoms with Crippen molar-refractivity contribution in [2.45, 2.75) is 49.7 Å². The summed E-state index contributed by atoms with van der Waals surface area (Å²) in [6.07, 6.45) is 2.24. The molecule has 0 aliphatic carbocycles. The Morgan fingerprint density at radius 2 is 1.45 bits per heavy atom. The van der Waals surface area contributed by atoms with Crippen molar-refractivity contribution in [3.8, 4) is 11.5 Å². The Bertz CT molecular complexity index is 1740. The fourth-order valence-corrected chi connectivity index (χ4v) is 7.30. The summed E-state index contributed by atoms with van der Waals surface area (Å²) in [5.74, 6) is 0.821. The van der Waals surface area contributed by atoms with Crippen LogP contribution in [0, 0.1) is 0 Å². The van der Waals surface area contributed by atoms with Crippen LogP contribution in [0.25, 0.3) is 0 Å². The number of rotatable bonds is 14. The van der Waals surface area contributed by atoms with Gasteiger partial charge in [0.25, 0.3) is 0 Å². The predicted molar refractivity (Wildman–Crippen MR) is 180 cm³/mol. The molecule has 0 radical (unpaired) electrons. The minimum Gasteiger partial charge on any atom is -0.497 e. The van der Waals surface area contributed by atoms with Gasteiger partial charge in [-0.2, -0.15) is 4.31 Å². The van der Waals surface area contributed by atoms with Crippen molar-refractivity contribution in [1.29, 1.82) is 0 Å². The molecule has 4 aromatic rings. The number of carbonyl (C=O) groups excluding carboxylic acids is 2. The molecule has 0 saturated carbocycles. The summed E-state index contributed by atoms with van der Waals surface area (Å²) < 4.78 is 38.3. The molecule has 1 atom stereocenters. The van der Waals surface area contributed by atoms with E-state index in [1.54, 1.807) is 43.4 Å². The second kappa shape index (κ2) is 15.8. The van der Waals surface area contributed by atoms with E-state index in [0.29, 0.717) is 36.6 Å². The molecule has 0 unspecified atom stereocenters. The van der Waals surface area contributed by atoms with Crippen molar-refractivity contribution in [3.05, 3.63) is 125 Å². The van der Waals surface area contributed by atoms with Crippen LogP contribution in [0.1, 0.15) is 47.6 Å². The van der Waals surface area contributed by atoms with E-state index in [1.165, 1.54) is 4.31 Å². The number of hydrogen-bond acceptors (Lipinski definition) is 6. The number of aryl methyl sites for hydroxylation is 1. The zero-order chi connectivity index (χ0) is 33.2. The van der Waals surface area contributed by atoms with Crippen molar-refractivity contribution in [2.75, 3.05) is 27.3 Å². The first-order valence-electron chi connectivity index (χ1n) is 15.8. The van der Waals surface area contributed by atoms with E-state index in [1.807, 2.05) is 78.9 Å². The highest BCUT2D eigenvalue weighted by atomic mass is 32.2. The van der Waals surface area contributed by atoms with Crippen LogP contribution in [0.3, 0.4) is 0 Å². The first-order chi connectivity index (χ1) is 22.8. The van der Waals surface area contributed by atoms with Crippen molar-refractivity contribution >= 4 is 21.8 Å². The van der Waals surface area contributed by atoms with Crippen molar-refractivity contribution in [2.24, 2.45) is 0 Å². The Morgan fingerprint density at radius 1 is 0.809 bits per heavy atom. The minimum atomic E-state index is -3.52. The normalized spacial score (nSPS) is 13.9. The Labute approximate surface area is 277 Å². The maximum atomic E-state index is 14.1. The van der Waals surface area contributed by atoms with Gasteiger partial charge < -0.3 is 19.7 Å². The van der Waals surface area contributed by atoms with Crippen LogP contribution in [0.5, 0.6) is 11.5 Å². The number of nitrogens with zero attached hydrogens (tertiary/aromatic N) is 2. The van der Waals surface area contributed by atoms with E-state index in [9.17, 15) is 18.0 Å². The topological polar surface area (TPSA) is 105 Å².